The molecule has 2 nitrogen and oxygen atoms in total. The first-order valence-electron chi connectivity index (χ1n) is 5.95. The summed E-state index contributed by atoms with van der Waals surface area (Å²) in [7, 11) is 0. The average Bonchev–Trinajstić information content (AvgIpc) is 2.48. The molecule has 2 aromatic carbocycles. The summed E-state index contributed by atoms with van der Waals surface area (Å²) in [4.78, 5) is 9.04. The molecule has 0 unspecified atom stereocenters. The van der Waals surface area contributed by atoms with Crippen LogP contribution in [-0.4, -0.2) is 9.97 Å². The molecule has 2 aromatic heterocycles. The fourth-order valence-electron chi connectivity index (χ4n) is 2.57. The van der Waals surface area contributed by atoms with E-state index in [4.69, 9.17) is 0 Å². The number of hydrogen-bond acceptors (Lipinski definition) is 2. The van der Waals surface area contributed by atoms with Gasteiger partial charge in [-0.3, -0.25) is 9.97 Å². The molecule has 0 fully saturated rings. The molecule has 0 aliphatic carbocycles. The van der Waals surface area contributed by atoms with Gasteiger partial charge < -0.3 is 0 Å². The smallest absolute Gasteiger partial charge is 0.0802 e. The highest BCUT2D eigenvalue weighted by Crippen LogP contribution is 2.31. The van der Waals surface area contributed by atoms with Gasteiger partial charge in [0, 0.05) is 28.6 Å². The number of hydrogen-bond donors (Lipinski definition) is 0. The van der Waals surface area contributed by atoms with Gasteiger partial charge in [0.1, 0.15) is 0 Å². The van der Waals surface area contributed by atoms with E-state index >= 15 is 0 Å². The third-order valence-corrected chi connectivity index (χ3v) is 3.34. The van der Waals surface area contributed by atoms with E-state index in [1.54, 1.807) is 0 Å². The minimum atomic E-state index is 1.03. The molecule has 0 aliphatic heterocycles. The summed E-state index contributed by atoms with van der Waals surface area (Å²) in [5.41, 5.74) is 2.05. The van der Waals surface area contributed by atoms with Crippen LogP contribution in [0.4, 0.5) is 0 Å². The number of fused-ring (bicyclic) bond motifs is 6. The number of pyridine rings is 2. The monoisotopic (exact) mass is 230 g/mol. The van der Waals surface area contributed by atoms with Gasteiger partial charge in [0.15, 0.2) is 0 Å². The van der Waals surface area contributed by atoms with Crippen LogP contribution in [0.15, 0.2) is 60.9 Å². The fourth-order valence-corrected chi connectivity index (χ4v) is 2.57. The second-order valence-corrected chi connectivity index (χ2v) is 4.34. The van der Waals surface area contributed by atoms with Crippen LogP contribution in [0, 0.1) is 0 Å². The molecule has 0 saturated carbocycles. The predicted octanol–water partition coefficient (Wildman–Crippen LogP) is 3.94. The van der Waals surface area contributed by atoms with Crippen LogP contribution < -0.4 is 0 Å². The van der Waals surface area contributed by atoms with Gasteiger partial charge in [-0.2, -0.15) is 0 Å². The Morgan fingerprint density at radius 3 is 1.67 bits per heavy atom. The zero-order valence-electron chi connectivity index (χ0n) is 9.67. The molecule has 0 radical (unpaired) electrons. The first kappa shape index (κ1) is 9.54. The molecule has 4 aromatic rings. The summed E-state index contributed by atoms with van der Waals surface area (Å²) < 4.78 is 0. The highest BCUT2D eigenvalue weighted by Gasteiger charge is 2.08. The highest BCUT2D eigenvalue weighted by atomic mass is 14.7. The minimum absolute atomic E-state index is 1.03. The van der Waals surface area contributed by atoms with Crippen LogP contribution in [0.3, 0.4) is 0 Å². The third-order valence-electron chi connectivity index (χ3n) is 3.34. The van der Waals surface area contributed by atoms with Crippen molar-refractivity contribution in [1.82, 2.24) is 9.97 Å². The van der Waals surface area contributed by atoms with Crippen molar-refractivity contribution < 1.29 is 0 Å². The lowest BCUT2D eigenvalue weighted by Gasteiger charge is -2.07. The number of rotatable bonds is 0. The van der Waals surface area contributed by atoms with Crippen molar-refractivity contribution >= 4 is 32.6 Å². The lowest BCUT2D eigenvalue weighted by molar-refractivity contribution is 1.40. The Morgan fingerprint density at radius 2 is 1.00 bits per heavy atom. The Morgan fingerprint density at radius 1 is 0.500 bits per heavy atom. The molecule has 0 saturated heterocycles. The van der Waals surface area contributed by atoms with E-state index in [1.807, 2.05) is 24.5 Å². The van der Waals surface area contributed by atoms with E-state index < -0.39 is 0 Å². The quantitative estimate of drug-likeness (QED) is 0.428. The van der Waals surface area contributed by atoms with Crippen molar-refractivity contribution in [2.24, 2.45) is 0 Å². The zero-order chi connectivity index (χ0) is 11.9. The Labute approximate surface area is 104 Å². The minimum Gasteiger partial charge on any atom is -0.256 e. The molecule has 0 atom stereocenters. The summed E-state index contributed by atoms with van der Waals surface area (Å²) in [6.07, 6.45) is 3.67. The van der Waals surface area contributed by atoms with E-state index in [1.165, 1.54) is 16.2 Å². The van der Waals surface area contributed by atoms with E-state index in [-0.39, 0.29) is 0 Å². The Balaban J connectivity index is 2.46. The molecule has 0 amide bonds. The van der Waals surface area contributed by atoms with Crippen LogP contribution in [0.1, 0.15) is 0 Å². The van der Waals surface area contributed by atoms with Gasteiger partial charge in [0.25, 0.3) is 0 Å². The molecule has 0 spiro atoms. The van der Waals surface area contributed by atoms with Crippen molar-refractivity contribution in [3.63, 3.8) is 0 Å². The van der Waals surface area contributed by atoms with E-state index in [9.17, 15) is 0 Å². The molecular formula is C16H10N2. The average molecular weight is 230 g/mol. The maximum atomic E-state index is 4.52. The van der Waals surface area contributed by atoms with Crippen molar-refractivity contribution in [2.75, 3.05) is 0 Å². The molecule has 0 N–H and O–H groups in total. The van der Waals surface area contributed by atoms with Crippen LogP contribution in [0.5, 0.6) is 0 Å². The lowest BCUT2D eigenvalue weighted by atomic mass is 10.0. The molecule has 2 heterocycles. The van der Waals surface area contributed by atoms with Crippen LogP contribution in [-0.2, 0) is 0 Å². The first-order valence-corrected chi connectivity index (χ1v) is 5.95. The summed E-state index contributed by atoms with van der Waals surface area (Å²) in [5.74, 6) is 0. The summed E-state index contributed by atoms with van der Waals surface area (Å²) in [6, 6.07) is 16.5. The van der Waals surface area contributed by atoms with Crippen molar-refractivity contribution in [1.29, 1.82) is 0 Å². The van der Waals surface area contributed by atoms with Crippen molar-refractivity contribution in [3.05, 3.63) is 60.9 Å². The normalized spacial score (nSPS) is 11.3. The van der Waals surface area contributed by atoms with E-state index in [0.29, 0.717) is 0 Å². The lowest BCUT2D eigenvalue weighted by Crippen LogP contribution is -1.86. The van der Waals surface area contributed by atoms with E-state index in [0.717, 1.165) is 16.4 Å². The van der Waals surface area contributed by atoms with E-state index in [2.05, 4.69) is 46.4 Å². The fraction of sp³-hybridized carbons (Fsp3) is 0. The Hall–Kier alpha value is -2.48. The maximum absolute atomic E-state index is 4.52. The van der Waals surface area contributed by atoms with Gasteiger partial charge in [-0.25, -0.2) is 0 Å². The van der Waals surface area contributed by atoms with Gasteiger partial charge in [0.2, 0.25) is 0 Å². The van der Waals surface area contributed by atoms with Crippen LogP contribution in [0.2, 0.25) is 0 Å². The number of aromatic nitrogens is 2. The molecule has 84 valence electrons. The van der Waals surface area contributed by atoms with Gasteiger partial charge in [-0.05, 0) is 23.6 Å². The Kier molecular flexibility index (Phi) is 1.86. The largest absolute Gasteiger partial charge is 0.256 e. The van der Waals surface area contributed by atoms with Crippen LogP contribution in [0.25, 0.3) is 32.6 Å². The summed E-state index contributed by atoms with van der Waals surface area (Å²) in [5, 5.41) is 4.71. The van der Waals surface area contributed by atoms with Gasteiger partial charge >= 0.3 is 0 Å². The SMILES string of the molecule is c1ccc2c(c1)c1cccnc1c1cccnc21. The number of benzene rings is 2. The predicted molar refractivity (Wildman–Crippen MR) is 74.6 cm³/mol. The summed E-state index contributed by atoms with van der Waals surface area (Å²) in [6.45, 7) is 0. The van der Waals surface area contributed by atoms with Crippen LogP contribution >= 0.6 is 0 Å². The Bertz CT molecular complexity index is 661. The highest BCUT2D eigenvalue weighted by molar-refractivity contribution is 6.22. The first-order chi connectivity index (χ1) is 8.95. The molecule has 18 heavy (non-hydrogen) atoms. The molecule has 2 heteroatoms. The second-order valence-electron chi connectivity index (χ2n) is 4.34. The van der Waals surface area contributed by atoms with Gasteiger partial charge in [-0.1, -0.05) is 30.3 Å². The van der Waals surface area contributed by atoms with Crippen molar-refractivity contribution in [3.8, 4) is 0 Å². The standard InChI is InChI=1S/C16H10N2/c1-2-6-12-11(5-1)13-7-3-9-17-16(13)14-8-4-10-18-15(12)14/h1-10H. The zero-order valence-corrected chi connectivity index (χ0v) is 9.67. The second kappa shape index (κ2) is 3.50. The third kappa shape index (κ3) is 1.17. The topological polar surface area (TPSA) is 25.8 Å². The molecule has 0 aliphatic rings. The van der Waals surface area contributed by atoms with Gasteiger partial charge in [0.05, 0.1) is 11.0 Å². The molecule has 4 rings (SSSR count). The maximum Gasteiger partial charge on any atom is 0.0802 e. The van der Waals surface area contributed by atoms with Gasteiger partial charge in [-0.15, -0.1) is 0 Å². The van der Waals surface area contributed by atoms with Crippen molar-refractivity contribution in [2.45, 2.75) is 0 Å². The molecule has 0 bridgehead atoms. The summed E-state index contributed by atoms with van der Waals surface area (Å²) >= 11 is 0. The number of nitrogens with zero attached hydrogens (tertiary/aromatic N) is 2. The molecular weight excluding hydrogens is 220 g/mol.